The summed E-state index contributed by atoms with van der Waals surface area (Å²) in [6, 6.07) is 1.22. The van der Waals surface area contributed by atoms with Crippen LogP contribution in [0.1, 0.15) is 5.69 Å². The third-order valence-electron chi connectivity index (χ3n) is 0.672. The molecule has 1 heterocycles. The van der Waals surface area contributed by atoms with E-state index in [4.69, 9.17) is 0 Å². The average molecular weight is 111 g/mol. The van der Waals surface area contributed by atoms with Crippen molar-refractivity contribution in [3.05, 3.63) is 30.7 Å². The second-order valence-electron chi connectivity index (χ2n) is 1.37. The first-order valence-electron chi connectivity index (χ1n) is 2.09. The summed E-state index contributed by atoms with van der Waals surface area (Å²) in [5.74, 6) is -0.398. The van der Waals surface area contributed by atoms with Gasteiger partial charge in [-0.15, -0.1) is 0 Å². The molecule has 0 aliphatic rings. The molecular formula is C5H4FN2. The van der Waals surface area contributed by atoms with Crippen LogP contribution >= 0.6 is 0 Å². The third kappa shape index (κ3) is 0.992. The standard InChI is InChI=1S/C5H4FN2/c1-4-2-5(6)3-7-8-4/h2-3H,1H2. The van der Waals surface area contributed by atoms with Gasteiger partial charge in [0, 0.05) is 0 Å². The Labute approximate surface area is 46.4 Å². The SMILES string of the molecule is [CH2]c1cc(F)cnn1. The highest BCUT2D eigenvalue weighted by molar-refractivity contribution is 5.03. The predicted molar refractivity (Wildman–Crippen MR) is 26.4 cm³/mol. The van der Waals surface area contributed by atoms with Crippen LogP contribution in [-0.4, -0.2) is 10.2 Å². The number of nitrogens with zero attached hydrogens (tertiary/aromatic N) is 2. The molecule has 0 aliphatic heterocycles. The Bertz CT molecular complexity index is 170. The molecule has 0 N–H and O–H groups in total. The first kappa shape index (κ1) is 5.15. The van der Waals surface area contributed by atoms with Crippen LogP contribution in [0, 0.1) is 12.7 Å². The van der Waals surface area contributed by atoms with Crippen molar-refractivity contribution < 1.29 is 4.39 Å². The lowest BCUT2D eigenvalue weighted by molar-refractivity contribution is 0.613. The molecule has 1 aromatic heterocycles. The summed E-state index contributed by atoms with van der Waals surface area (Å²) in [5, 5.41) is 6.74. The highest BCUT2D eigenvalue weighted by Gasteiger charge is 1.87. The second-order valence-corrected chi connectivity index (χ2v) is 1.37. The molecule has 0 saturated heterocycles. The van der Waals surface area contributed by atoms with Gasteiger partial charge < -0.3 is 0 Å². The van der Waals surface area contributed by atoms with Gasteiger partial charge in [0.05, 0.1) is 11.9 Å². The van der Waals surface area contributed by atoms with E-state index in [1.165, 1.54) is 6.07 Å². The van der Waals surface area contributed by atoms with Gasteiger partial charge in [0.1, 0.15) is 5.82 Å². The maximum Gasteiger partial charge on any atom is 0.145 e. The van der Waals surface area contributed by atoms with Gasteiger partial charge in [0.2, 0.25) is 0 Å². The van der Waals surface area contributed by atoms with Gasteiger partial charge in [-0.05, 0) is 13.0 Å². The van der Waals surface area contributed by atoms with Crippen molar-refractivity contribution in [2.75, 3.05) is 0 Å². The van der Waals surface area contributed by atoms with E-state index >= 15 is 0 Å². The summed E-state index contributed by atoms with van der Waals surface area (Å²) in [5.41, 5.74) is 0.352. The number of hydrogen-bond acceptors (Lipinski definition) is 2. The number of hydrogen-bond donors (Lipinski definition) is 0. The normalized spacial score (nSPS) is 9.25. The summed E-state index contributed by atoms with van der Waals surface area (Å²) in [6.45, 7) is 3.37. The second kappa shape index (κ2) is 1.86. The van der Waals surface area contributed by atoms with Crippen LogP contribution in [0.5, 0.6) is 0 Å². The van der Waals surface area contributed by atoms with Crippen molar-refractivity contribution in [1.29, 1.82) is 0 Å². The van der Waals surface area contributed by atoms with E-state index in [0.717, 1.165) is 6.20 Å². The summed E-state index contributed by atoms with van der Waals surface area (Å²) >= 11 is 0. The first-order valence-corrected chi connectivity index (χ1v) is 2.09. The van der Waals surface area contributed by atoms with E-state index in [1.54, 1.807) is 0 Å². The van der Waals surface area contributed by atoms with Crippen molar-refractivity contribution in [3.8, 4) is 0 Å². The molecule has 0 unspecified atom stereocenters. The smallest absolute Gasteiger partial charge is 0.145 e. The van der Waals surface area contributed by atoms with Gasteiger partial charge in [-0.3, -0.25) is 0 Å². The molecule has 41 valence electrons. The number of rotatable bonds is 0. The Balaban J connectivity index is 3.08. The van der Waals surface area contributed by atoms with Crippen molar-refractivity contribution in [2.45, 2.75) is 0 Å². The van der Waals surface area contributed by atoms with Crippen molar-refractivity contribution in [1.82, 2.24) is 10.2 Å². The molecule has 0 saturated carbocycles. The minimum Gasteiger partial charge on any atom is -0.205 e. The largest absolute Gasteiger partial charge is 0.205 e. The van der Waals surface area contributed by atoms with Crippen LogP contribution < -0.4 is 0 Å². The van der Waals surface area contributed by atoms with Gasteiger partial charge in [0.15, 0.2) is 0 Å². The van der Waals surface area contributed by atoms with Crippen LogP contribution in [0.3, 0.4) is 0 Å². The first-order chi connectivity index (χ1) is 3.79. The maximum absolute atomic E-state index is 12.0. The van der Waals surface area contributed by atoms with E-state index < -0.39 is 5.82 Å². The Morgan fingerprint density at radius 1 is 1.62 bits per heavy atom. The van der Waals surface area contributed by atoms with Crippen LogP contribution in [-0.2, 0) is 0 Å². The van der Waals surface area contributed by atoms with Crippen molar-refractivity contribution in [3.63, 3.8) is 0 Å². The zero-order chi connectivity index (χ0) is 5.98. The van der Waals surface area contributed by atoms with E-state index in [0.29, 0.717) is 5.69 Å². The van der Waals surface area contributed by atoms with Crippen molar-refractivity contribution >= 4 is 0 Å². The molecule has 0 spiro atoms. The minimum atomic E-state index is -0.398. The molecule has 1 aromatic rings. The van der Waals surface area contributed by atoms with Gasteiger partial charge >= 0.3 is 0 Å². The van der Waals surface area contributed by atoms with Gasteiger partial charge in [-0.2, -0.15) is 10.2 Å². The van der Waals surface area contributed by atoms with Crippen LogP contribution in [0.25, 0.3) is 0 Å². The molecule has 0 atom stereocenters. The summed E-state index contributed by atoms with van der Waals surface area (Å²) in [4.78, 5) is 0. The maximum atomic E-state index is 12.0. The van der Waals surface area contributed by atoms with Crippen LogP contribution in [0.15, 0.2) is 12.3 Å². The zero-order valence-electron chi connectivity index (χ0n) is 4.13. The van der Waals surface area contributed by atoms with Crippen LogP contribution in [0.4, 0.5) is 4.39 Å². The molecule has 0 bridgehead atoms. The van der Waals surface area contributed by atoms with Gasteiger partial charge in [0.25, 0.3) is 0 Å². The predicted octanol–water partition coefficient (Wildman–Crippen LogP) is 0.798. The summed E-state index contributed by atoms with van der Waals surface area (Å²) in [7, 11) is 0. The van der Waals surface area contributed by atoms with Crippen LogP contribution in [0.2, 0.25) is 0 Å². The number of aromatic nitrogens is 2. The Hall–Kier alpha value is -0.990. The van der Waals surface area contributed by atoms with E-state index in [9.17, 15) is 4.39 Å². The fraction of sp³-hybridized carbons (Fsp3) is 0. The van der Waals surface area contributed by atoms with E-state index in [2.05, 4.69) is 17.1 Å². The molecule has 3 heteroatoms. The molecule has 0 aromatic carbocycles. The molecule has 1 rings (SSSR count). The Morgan fingerprint density at radius 3 is 2.75 bits per heavy atom. The summed E-state index contributed by atoms with van der Waals surface area (Å²) in [6.07, 6.45) is 1.04. The minimum absolute atomic E-state index is 0.352. The third-order valence-corrected chi connectivity index (χ3v) is 0.672. The molecule has 1 radical (unpaired) electrons. The highest BCUT2D eigenvalue weighted by atomic mass is 19.1. The molecule has 0 amide bonds. The molecule has 0 aliphatic carbocycles. The number of halogens is 1. The monoisotopic (exact) mass is 111 g/mol. The van der Waals surface area contributed by atoms with E-state index in [1.807, 2.05) is 0 Å². The lowest BCUT2D eigenvalue weighted by Crippen LogP contribution is -1.85. The lowest BCUT2D eigenvalue weighted by Gasteiger charge is -1.85. The fourth-order valence-corrected chi connectivity index (χ4v) is 0.383. The molecule has 2 nitrogen and oxygen atoms in total. The zero-order valence-corrected chi connectivity index (χ0v) is 4.13. The van der Waals surface area contributed by atoms with Gasteiger partial charge in [-0.25, -0.2) is 4.39 Å². The van der Waals surface area contributed by atoms with E-state index in [-0.39, 0.29) is 0 Å². The molecule has 8 heavy (non-hydrogen) atoms. The highest BCUT2D eigenvalue weighted by Crippen LogP contribution is 1.92. The fourth-order valence-electron chi connectivity index (χ4n) is 0.383. The Morgan fingerprint density at radius 2 is 2.38 bits per heavy atom. The Kier molecular flexibility index (Phi) is 1.20. The summed E-state index contributed by atoms with van der Waals surface area (Å²) < 4.78 is 12.0. The molecular weight excluding hydrogens is 107 g/mol. The topological polar surface area (TPSA) is 25.8 Å². The molecule has 0 fully saturated rings. The quantitative estimate of drug-likeness (QED) is 0.494. The van der Waals surface area contributed by atoms with Crippen molar-refractivity contribution in [2.24, 2.45) is 0 Å². The van der Waals surface area contributed by atoms with Gasteiger partial charge in [-0.1, -0.05) is 0 Å². The average Bonchev–Trinajstić information content (AvgIpc) is 1.64. The lowest BCUT2D eigenvalue weighted by atomic mass is 10.4.